The van der Waals surface area contributed by atoms with E-state index in [1.54, 1.807) is 18.2 Å². The lowest BCUT2D eigenvalue weighted by Gasteiger charge is -2.07. The van der Waals surface area contributed by atoms with Gasteiger partial charge in [0.15, 0.2) is 11.5 Å². The van der Waals surface area contributed by atoms with E-state index in [9.17, 15) is 9.90 Å². The number of benzene rings is 1. The number of phenols is 1. The van der Waals surface area contributed by atoms with Gasteiger partial charge in [0.25, 0.3) is 5.91 Å². The van der Waals surface area contributed by atoms with Crippen LogP contribution < -0.4 is 10.1 Å². The molecule has 7 heteroatoms. The molecule has 0 saturated heterocycles. The molecule has 2 aromatic rings. The molecule has 4 nitrogen and oxygen atoms in total. The summed E-state index contributed by atoms with van der Waals surface area (Å²) in [6, 6.07) is 6.42. The number of aromatic hydroxyl groups is 1. The van der Waals surface area contributed by atoms with Crippen LogP contribution in [0.5, 0.6) is 11.5 Å². The summed E-state index contributed by atoms with van der Waals surface area (Å²) >= 11 is 7.99. The summed E-state index contributed by atoms with van der Waals surface area (Å²) in [6.07, 6.45) is 0. The van der Waals surface area contributed by atoms with Crippen molar-refractivity contribution in [1.82, 2.24) is 0 Å². The molecule has 1 heterocycles. The summed E-state index contributed by atoms with van der Waals surface area (Å²) in [4.78, 5) is 12.6. The second-order valence-corrected chi connectivity index (χ2v) is 6.80. The van der Waals surface area contributed by atoms with Crippen LogP contribution in [0.25, 0.3) is 0 Å². The maximum absolute atomic E-state index is 12.0. The zero-order valence-electron chi connectivity index (χ0n) is 9.74. The molecule has 1 aromatic heterocycles. The Bertz CT molecular complexity index is 608. The molecule has 0 unspecified atom stereocenters. The minimum absolute atomic E-state index is 0.0196. The Labute approximate surface area is 130 Å². The van der Waals surface area contributed by atoms with E-state index in [4.69, 9.17) is 4.74 Å². The highest BCUT2D eigenvalue weighted by Crippen LogP contribution is 2.33. The van der Waals surface area contributed by atoms with Crippen LogP contribution in [0, 0.1) is 0 Å². The van der Waals surface area contributed by atoms with Crippen molar-refractivity contribution in [3.8, 4) is 11.5 Å². The van der Waals surface area contributed by atoms with Crippen molar-refractivity contribution in [2.24, 2.45) is 0 Å². The minimum Gasteiger partial charge on any atom is -0.504 e. The second kappa shape index (κ2) is 5.94. The minimum atomic E-state index is -0.235. The Morgan fingerprint density at radius 2 is 2.11 bits per heavy atom. The third kappa shape index (κ3) is 3.29. The predicted molar refractivity (Wildman–Crippen MR) is 82.3 cm³/mol. The molecule has 2 rings (SSSR count). The Morgan fingerprint density at radius 1 is 1.37 bits per heavy atom. The van der Waals surface area contributed by atoms with Gasteiger partial charge in [-0.15, -0.1) is 11.3 Å². The van der Waals surface area contributed by atoms with Crippen molar-refractivity contribution >= 4 is 54.8 Å². The summed E-state index contributed by atoms with van der Waals surface area (Å²) in [6.45, 7) is 0. The molecular weight excluding hydrogens is 398 g/mol. The van der Waals surface area contributed by atoms with Crippen LogP contribution in [-0.4, -0.2) is 18.1 Å². The third-order valence-electron chi connectivity index (χ3n) is 2.31. The number of carbonyl (C=O) groups is 1. The topological polar surface area (TPSA) is 58.6 Å². The zero-order chi connectivity index (χ0) is 14.0. The van der Waals surface area contributed by atoms with Gasteiger partial charge in [-0.3, -0.25) is 4.79 Å². The van der Waals surface area contributed by atoms with Gasteiger partial charge in [0.2, 0.25) is 0 Å². The molecule has 0 radical (unpaired) electrons. The molecule has 0 fully saturated rings. The van der Waals surface area contributed by atoms with Gasteiger partial charge >= 0.3 is 0 Å². The number of amides is 1. The van der Waals surface area contributed by atoms with E-state index >= 15 is 0 Å². The largest absolute Gasteiger partial charge is 0.504 e. The third-order valence-corrected chi connectivity index (χ3v) is 5.56. The molecule has 1 amide bonds. The van der Waals surface area contributed by atoms with Gasteiger partial charge in [-0.25, -0.2) is 0 Å². The van der Waals surface area contributed by atoms with Crippen LogP contribution in [0.3, 0.4) is 0 Å². The van der Waals surface area contributed by atoms with E-state index in [1.165, 1.54) is 24.5 Å². The van der Waals surface area contributed by atoms with Crippen LogP contribution in [0.15, 0.2) is 32.5 Å². The highest BCUT2D eigenvalue weighted by atomic mass is 79.9. The molecule has 2 N–H and O–H groups in total. The summed E-state index contributed by atoms with van der Waals surface area (Å²) in [5, 5.41) is 12.3. The lowest BCUT2D eigenvalue weighted by Crippen LogP contribution is -2.09. The molecule has 0 spiro atoms. The van der Waals surface area contributed by atoms with E-state index < -0.39 is 0 Å². The number of nitrogens with one attached hydrogen (secondary N) is 1. The average Bonchev–Trinajstić information content (AvgIpc) is 2.70. The Morgan fingerprint density at radius 3 is 2.63 bits per heavy atom. The normalized spacial score (nSPS) is 10.3. The van der Waals surface area contributed by atoms with Gasteiger partial charge in [0, 0.05) is 16.2 Å². The SMILES string of the molecule is COc1ccc(NC(=O)c2cc(Br)c(Br)s2)cc1O. The van der Waals surface area contributed by atoms with Crippen LogP contribution >= 0.6 is 43.2 Å². The van der Waals surface area contributed by atoms with Gasteiger partial charge in [-0.2, -0.15) is 0 Å². The summed E-state index contributed by atoms with van der Waals surface area (Å²) in [7, 11) is 1.47. The number of ether oxygens (including phenoxy) is 1. The average molecular weight is 407 g/mol. The number of thiophene rings is 1. The van der Waals surface area contributed by atoms with Crippen molar-refractivity contribution < 1.29 is 14.6 Å². The Hall–Kier alpha value is -1.05. The molecule has 19 heavy (non-hydrogen) atoms. The Balaban J connectivity index is 2.17. The summed E-state index contributed by atoms with van der Waals surface area (Å²) in [5.74, 6) is 0.106. The van der Waals surface area contributed by atoms with Crippen LogP contribution in [0.1, 0.15) is 9.67 Å². The first kappa shape index (κ1) is 14.4. The first-order valence-corrected chi connectivity index (χ1v) is 7.54. The van der Waals surface area contributed by atoms with Gasteiger partial charge in [-0.1, -0.05) is 0 Å². The smallest absolute Gasteiger partial charge is 0.265 e. The molecule has 0 bridgehead atoms. The zero-order valence-corrected chi connectivity index (χ0v) is 13.7. The molecule has 100 valence electrons. The maximum Gasteiger partial charge on any atom is 0.265 e. The monoisotopic (exact) mass is 405 g/mol. The van der Waals surface area contributed by atoms with Gasteiger partial charge in [-0.05, 0) is 50.1 Å². The van der Waals surface area contributed by atoms with Gasteiger partial charge < -0.3 is 15.2 Å². The lowest BCUT2D eigenvalue weighted by molar-refractivity contribution is 0.103. The first-order chi connectivity index (χ1) is 9.01. The first-order valence-electron chi connectivity index (χ1n) is 5.14. The van der Waals surface area contributed by atoms with Crippen LogP contribution in [0.4, 0.5) is 5.69 Å². The number of halogens is 2. The number of hydrogen-bond acceptors (Lipinski definition) is 4. The standard InChI is InChI=1S/C12H9Br2NO3S/c1-18-9-3-2-6(4-8(9)16)15-12(17)10-5-7(13)11(14)19-10/h2-5,16H,1H3,(H,15,17). The molecule has 1 aromatic carbocycles. The van der Waals surface area contributed by atoms with Crippen LogP contribution in [0.2, 0.25) is 0 Å². The van der Waals surface area contributed by atoms with E-state index in [-0.39, 0.29) is 11.7 Å². The second-order valence-electron chi connectivity index (χ2n) is 3.57. The molecule has 0 aliphatic carbocycles. The molecular formula is C12H9Br2NO3S. The fourth-order valence-electron chi connectivity index (χ4n) is 1.42. The molecule has 0 aliphatic rings. The van der Waals surface area contributed by atoms with E-state index in [0.29, 0.717) is 16.3 Å². The van der Waals surface area contributed by atoms with Crippen molar-refractivity contribution in [2.45, 2.75) is 0 Å². The van der Waals surface area contributed by atoms with Crippen molar-refractivity contribution in [1.29, 1.82) is 0 Å². The van der Waals surface area contributed by atoms with Crippen molar-refractivity contribution in [3.05, 3.63) is 37.4 Å². The lowest BCUT2D eigenvalue weighted by atomic mass is 10.2. The van der Waals surface area contributed by atoms with E-state index in [1.807, 2.05) is 0 Å². The predicted octanol–water partition coefficient (Wildman–Crippen LogP) is 4.24. The number of methoxy groups -OCH3 is 1. The number of phenolic OH excluding ortho intramolecular Hbond substituents is 1. The summed E-state index contributed by atoms with van der Waals surface area (Å²) < 4.78 is 6.63. The molecule has 0 atom stereocenters. The number of carbonyl (C=O) groups excluding carboxylic acids is 1. The van der Waals surface area contributed by atoms with E-state index in [0.717, 1.165) is 8.26 Å². The van der Waals surface area contributed by atoms with E-state index in [2.05, 4.69) is 37.2 Å². The summed E-state index contributed by atoms with van der Waals surface area (Å²) in [5.41, 5.74) is 0.504. The van der Waals surface area contributed by atoms with Crippen molar-refractivity contribution in [2.75, 3.05) is 12.4 Å². The van der Waals surface area contributed by atoms with Crippen LogP contribution in [-0.2, 0) is 0 Å². The Kier molecular flexibility index (Phi) is 4.49. The maximum atomic E-state index is 12.0. The number of rotatable bonds is 3. The highest BCUT2D eigenvalue weighted by molar-refractivity contribution is 9.13. The molecule has 0 aliphatic heterocycles. The fraction of sp³-hybridized carbons (Fsp3) is 0.0833. The quantitative estimate of drug-likeness (QED) is 0.801. The number of hydrogen-bond donors (Lipinski definition) is 2. The van der Waals surface area contributed by atoms with Crippen molar-refractivity contribution in [3.63, 3.8) is 0 Å². The molecule has 0 saturated carbocycles. The highest BCUT2D eigenvalue weighted by Gasteiger charge is 2.13. The van der Waals surface area contributed by atoms with Gasteiger partial charge in [0.1, 0.15) is 0 Å². The number of anilines is 1. The van der Waals surface area contributed by atoms with Gasteiger partial charge in [0.05, 0.1) is 15.8 Å². The fourth-order valence-corrected chi connectivity index (χ4v) is 3.35.